The predicted molar refractivity (Wildman–Crippen MR) is 121 cm³/mol. The number of benzene rings is 3. The zero-order valence-electron chi connectivity index (χ0n) is 17.4. The van der Waals surface area contributed by atoms with Gasteiger partial charge in [0.05, 0.1) is 17.8 Å². The van der Waals surface area contributed by atoms with Crippen LogP contribution < -0.4 is 14.8 Å². The number of carbonyl (C=O) groups excluding carboxylic acids is 1. The van der Waals surface area contributed by atoms with Crippen LogP contribution in [0, 0.1) is 11.6 Å². The molecule has 4 bridgehead atoms. The van der Waals surface area contributed by atoms with E-state index in [-0.39, 0.29) is 28.4 Å². The van der Waals surface area contributed by atoms with E-state index in [1.165, 1.54) is 13.2 Å². The van der Waals surface area contributed by atoms with Crippen molar-refractivity contribution in [1.29, 1.82) is 0 Å². The molecule has 1 aliphatic heterocycles. The van der Waals surface area contributed by atoms with Gasteiger partial charge in [0.2, 0.25) is 0 Å². The molecule has 0 fully saturated rings. The molecule has 0 radical (unpaired) electrons. The summed E-state index contributed by atoms with van der Waals surface area (Å²) in [5.41, 5.74) is 0.854. The standard InChI is InChI=1S/C23H19ClF2N2O4S/c1-32-22-17(24)9-14-10-21(22)33(30,31)28-20-11-16(18(25)12-19(20)26)15-7-3-2-5-13(15)6-4-8-27-23(14)29/h2-3,5,7,9-12,28H,4,6,8H2,1H3,(H,27,29). The maximum atomic E-state index is 14.8. The molecule has 0 aromatic heterocycles. The Morgan fingerprint density at radius 2 is 1.79 bits per heavy atom. The van der Waals surface area contributed by atoms with Crippen molar-refractivity contribution in [3.63, 3.8) is 0 Å². The lowest BCUT2D eigenvalue weighted by atomic mass is 9.96. The van der Waals surface area contributed by atoms with Crippen molar-refractivity contribution in [1.82, 2.24) is 5.32 Å². The Hall–Kier alpha value is -3.17. The number of methoxy groups -OCH3 is 1. The molecule has 1 amide bonds. The normalized spacial score (nSPS) is 15.3. The number of hydrogen-bond acceptors (Lipinski definition) is 4. The molecule has 10 heteroatoms. The van der Waals surface area contributed by atoms with Crippen LogP contribution in [0.3, 0.4) is 0 Å². The van der Waals surface area contributed by atoms with Gasteiger partial charge in [-0.2, -0.15) is 0 Å². The molecule has 0 saturated heterocycles. The number of carbonyl (C=O) groups is 1. The molecule has 0 spiro atoms. The van der Waals surface area contributed by atoms with E-state index in [1.807, 2.05) is 0 Å². The molecule has 0 aliphatic carbocycles. The highest BCUT2D eigenvalue weighted by Gasteiger charge is 2.27. The smallest absolute Gasteiger partial charge is 0.265 e. The monoisotopic (exact) mass is 492 g/mol. The molecule has 1 aliphatic rings. The Morgan fingerprint density at radius 1 is 1.03 bits per heavy atom. The summed E-state index contributed by atoms with van der Waals surface area (Å²) in [4.78, 5) is 12.2. The number of ether oxygens (including phenoxy) is 1. The summed E-state index contributed by atoms with van der Waals surface area (Å²) in [6.07, 6.45) is 1.04. The van der Waals surface area contributed by atoms with Crippen molar-refractivity contribution in [2.24, 2.45) is 0 Å². The number of aryl methyl sites for hydroxylation is 1. The summed E-state index contributed by atoms with van der Waals surface area (Å²) in [5.74, 6) is -2.67. The second-order valence-corrected chi connectivity index (χ2v) is 9.48. The zero-order chi connectivity index (χ0) is 23.8. The molecule has 3 aromatic rings. The van der Waals surface area contributed by atoms with Gasteiger partial charge < -0.3 is 10.1 Å². The van der Waals surface area contributed by atoms with Gasteiger partial charge in [-0.05, 0) is 42.2 Å². The first-order chi connectivity index (χ1) is 15.7. The summed E-state index contributed by atoms with van der Waals surface area (Å²) in [7, 11) is -3.26. The highest BCUT2D eigenvalue weighted by atomic mass is 35.5. The van der Waals surface area contributed by atoms with Crippen molar-refractivity contribution in [3.05, 3.63) is 76.3 Å². The van der Waals surface area contributed by atoms with Crippen LogP contribution in [0.5, 0.6) is 5.75 Å². The van der Waals surface area contributed by atoms with E-state index in [0.29, 0.717) is 24.5 Å². The lowest BCUT2D eigenvalue weighted by molar-refractivity contribution is 0.0953. The van der Waals surface area contributed by atoms with Crippen molar-refractivity contribution in [2.75, 3.05) is 18.4 Å². The van der Waals surface area contributed by atoms with Gasteiger partial charge >= 0.3 is 0 Å². The molecule has 3 aromatic carbocycles. The number of anilines is 1. The first-order valence-corrected chi connectivity index (χ1v) is 11.8. The van der Waals surface area contributed by atoms with Crippen LogP contribution in [0.25, 0.3) is 11.1 Å². The summed E-state index contributed by atoms with van der Waals surface area (Å²) < 4.78 is 63.0. The first-order valence-electron chi connectivity index (χ1n) is 9.97. The van der Waals surface area contributed by atoms with E-state index in [9.17, 15) is 22.0 Å². The third kappa shape index (κ3) is 4.51. The summed E-state index contributed by atoms with van der Waals surface area (Å²) >= 11 is 6.18. The van der Waals surface area contributed by atoms with Crippen molar-refractivity contribution in [3.8, 4) is 16.9 Å². The Morgan fingerprint density at radius 3 is 2.55 bits per heavy atom. The van der Waals surface area contributed by atoms with E-state index in [4.69, 9.17) is 16.3 Å². The van der Waals surface area contributed by atoms with Crippen LogP contribution >= 0.6 is 11.6 Å². The minimum Gasteiger partial charge on any atom is -0.494 e. The molecule has 6 nitrogen and oxygen atoms in total. The summed E-state index contributed by atoms with van der Waals surface area (Å²) in [5, 5.41) is 2.61. The lowest BCUT2D eigenvalue weighted by Gasteiger charge is -2.16. The van der Waals surface area contributed by atoms with E-state index < -0.39 is 38.1 Å². The third-order valence-electron chi connectivity index (χ3n) is 5.28. The van der Waals surface area contributed by atoms with Gasteiger partial charge in [0.25, 0.3) is 15.9 Å². The summed E-state index contributed by atoms with van der Waals surface area (Å²) in [6.45, 7) is 0.286. The molecule has 4 rings (SSSR count). The van der Waals surface area contributed by atoms with Crippen molar-refractivity contribution < 1.29 is 26.7 Å². The van der Waals surface area contributed by atoms with Gasteiger partial charge in [-0.15, -0.1) is 0 Å². The summed E-state index contributed by atoms with van der Waals surface area (Å²) in [6, 6.07) is 11.1. The van der Waals surface area contributed by atoms with Crippen molar-refractivity contribution in [2.45, 2.75) is 17.7 Å². The number of sulfonamides is 1. The van der Waals surface area contributed by atoms with Crippen molar-refractivity contribution >= 4 is 33.2 Å². The SMILES string of the molecule is COc1c(Cl)cc2cc1S(=O)(=O)Nc1cc(c(F)cc1F)-c1ccccc1CCCNC2=O. The van der Waals surface area contributed by atoms with Crippen LogP contribution in [0.1, 0.15) is 22.3 Å². The number of nitrogens with one attached hydrogen (secondary N) is 2. The van der Waals surface area contributed by atoms with Gasteiger partial charge in [-0.25, -0.2) is 17.2 Å². The van der Waals surface area contributed by atoms with E-state index in [2.05, 4.69) is 10.0 Å². The Kier molecular flexibility index (Phi) is 6.27. The minimum atomic E-state index is -4.48. The molecular formula is C23H19ClF2N2O4S. The van der Waals surface area contributed by atoms with Crippen LogP contribution in [-0.2, 0) is 16.4 Å². The second-order valence-electron chi connectivity index (χ2n) is 7.42. The number of hydrogen-bond donors (Lipinski definition) is 2. The molecule has 2 N–H and O–H groups in total. The van der Waals surface area contributed by atoms with Gasteiger partial charge in [0, 0.05) is 23.7 Å². The van der Waals surface area contributed by atoms with Gasteiger partial charge in [0.1, 0.15) is 16.5 Å². The Labute approximate surface area is 194 Å². The fourth-order valence-corrected chi connectivity index (χ4v) is 5.34. The Balaban J connectivity index is 1.94. The van der Waals surface area contributed by atoms with E-state index >= 15 is 0 Å². The largest absolute Gasteiger partial charge is 0.494 e. The van der Waals surface area contributed by atoms with Crippen LogP contribution in [0.2, 0.25) is 5.02 Å². The van der Waals surface area contributed by atoms with Crippen LogP contribution in [-0.4, -0.2) is 28.0 Å². The first kappa shape index (κ1) is 23.0. The predicted octanol–water partition coefficient (Wildman–Crippen LogP) is 4.77. The molecule has 0 saturated carbocycles. The Bertz CT molecular complexity index is 1360. The van der Waals surface area contributed by atoms with Gasteiger partial charge in [-0.1, -0.05) is 35.9 Å². The lowest BCUT2D eigenvalue weighted by Crippen LogP contribution is -2.25. The molecule has 172 valence electrons. The average molecular weight is 493 g/mol. The maximum Gasteiger partial charge on any atom is 0.265 e. The van der Waals surface area contributed by atoms with Gasteiger partial charge in [0.15, 0.2) is 5.75 Å². The number of amides is 1. The fourth-order valence-electron chi connectivity index (χ4n) is 3.71. The van der Waals surface area contributed by atoms with Crippen LogP contribution in [0.4, 0.5) is 14.5 Å². The number of fused-ring (bicyclic) bond motifs is 6. The van der Waals surface area contributed by atoms with E-state index in [0.717, 1.165) is 17.7 Å². The topological polar surface area (TPSA) is 84.5 Å². The fraction of sp³-hybridized carbons (Fsp3) is 0.174. The highest BCUT2D eigenvalue weighted by molar-refractivity contribution is 7.92. The molecule has 0 unspecified atom stereocenters. The maximum absolute atomic E-state index is 14.8. The third-order valence-corrected chi connectivity index (χ3v) is 6.93. The van der Waals surface area contributed by atoms with Crippen LogP contribution in [0.15, 0.2) is 53.4 Å². The number of halogens is 3. The molecule has 1 heterocycles. The van der Waals surface area contributed by atoms with Gasteiger partial charge in [-0.3, -0.25) is 9.52 Å². The zero-order valence-corrected chi connectivity index (χ0v) is 19.0. The van der Waals surface area contributed by atoms with E-state index in [1.54, 1.807) is 24.3 Å². The quantitative estimate of drug-likeness (QED) is 0.512. The highest BCUT2D eigenvalue weighted by Crippen LogP contribution is 2.36. The minimum absolute atomic E-state index is 0.00304. The average Bonchev–Trinajstić information content (AvgIpc) is 2.77. The second kappa shape index (κ2) is 8.99. The molecule has 0 atom stereocenters. The molecular weight excluding hydrogens is 474 g/mol. The number of rotatable bonds is 1. The molecule has 33 heavy (non-hydrogen) atoms.